The topological polar surface area (TPSA) is 101 Å². The molecule has 0 bridgehead atoms. The summed E-state index contributed by atoms with van der Waals surface area (Å²) in [5.41, 5.74) is 1.56. The third-order valence-electron chi connectivity index (χ3n) is 4.92. The van der Waals surface area contributed by atoms with Crippen molar-refractivity contribution in [3.8, 4) is 11.3 Å². The third-order valence-corrected chi connectivity index (χ3v) is 4.92. The van der Waals surface area contributed by atoms with E-state index in [0.717, 1.165) is 25.9 Å². The second-order valence-electron chi connectivity index (χ2n) is 7.18. The predicted molar refractivity (Wildman–Crippen MR) is 113 cm³/mol. The Morgan fingerprint density at radius 3 is 2.74 bits per heavy atom. The highest BCUT2D eigenvalue weighted by atomic mass is 19.1. The van der Waals surface area contributed by atoms with E-state index in [1.54, 1.807) is 34.7 Å². The van der Waals surface area contributed by atoms with E-state index in [9.17, 15) is 14.0 Å². The van der Waals surface area contributed by atoms with Crippen LogP contribution < -0.4 is 10.6 Å². The molecule has 1 fully saturated rings. The zero-order valence-corrected chi connectivity index (χ0v) is 17.1. The molecule has 1 aliphatic heterocycles. The van der Waals surface area contributed by atoms with Crippen molar-refractivity contribution in [1.82, 2.24) is 19.3 Å². The van der Waals surface area contributed by atoms with Crippen LogP contribution in [0.4, 0.5) is 20.6 Å². The molecule has 162 valence electrons. The van der Waals surface area contributed by atoms with Crippen molar-refractivity contribution in [3.63, 3.8) is 0 Å². The summed E-state index contributed by atoms with van der Waals surface area (Å²) in [7, 11) is 0. The number of amides is 3. The maximum absolute atomic E-state index is 14.5. The van der Waals surface area contributed by atoms with Gasteiger partial charge in [-0.15, -0.1) is 0 Å². The Bertz CT molecular complexity index is 1110. The van der Waals surface area contributed by atoms with Crippen molar-refractivity contribution in [2.75, 3.05) is 36.9 Å². The molecule has 31 heavy (non-hydrogen) atoms. The summed E-state index contributed by atoms with van der Waals surface area (Å²) in [5.74, 6) is -0.410. The number of benzene rings is 1. The number of hydrogen-bond donors (Lipinski definition) is 2. The number of anilines is 2. The molecule has 1 aromatic carbocycles. The Balaban J connectivity index is 1.54. The summed E-state index contributed by atoms with van der Waals surface area (Å²) in [6, 6.07) is 4.17. The van der Waals surface area contributed by atoms with Crippen molar-refractivity contribution in [2.45, 2.75) is 19.8 Å². The number of imidazole rings is 1. The van der Waals surface area contributed by atoms with Crippen molar-refractivity contribution >= 4 is 29.1 Å². The number of hydrogen-bond acceptors (Lipinski definition) is 5. The lowest BCUT2D eigenvalue weighted by Gasteiger charge is -2.16. The summed E-state index contributed by atoms with van der Waals surface area (Å²) in [4.78, 5) is 34.5. The molecule has 3 amide bonds. The van der Waals surface area contributed by atoms with Gasteiger partial charge in [-0.25, -0.2) is 19.2 Å². The minimum atomic E-state index is -0.465. The molecule has 0 unspecified atom stereocenters. The fourth-order valence-electron chi connectivity index (χ4n) is 3.39. The van der Waals surface area contributed by atoms with E-state index in [4.69, 9.17) is 4.74 Å². The maximum Gasteiger partial charge on any atom is 0.321 e. The molecule has 10 heteroatoms. The maximum atomic E-state index is 14.5. The fourth-order valence-corrected chi connectivity index (χ4v) is 3.39. The number of carbonyl (C=O) groups excluding carboxylic acids is 2. The smallest absolute Gasteiger partial charge is 0.321 e. The minimum Gasteiger partial charge on any atom is -0.372 e. The number of halogens is 1. The summed E-state index contributed by atoms with van der Waals surface area (Å²) in [6.07, 6.45) is 6.71. The van der Waals surface area contributed by atoms with E-state index in [0.29, 0.717) is 29.5 Å². The molecule has 0 spiro atoms. The highest BCUT2D eigenvalue weighted by Gasteiger charge is 2.19. The zero-order chi connectivity index (χ0) is 21.8. The number of nitrogens with one attached hydrogen (secondary N) is 2. The van der Waals surface area contributed by atoms with Gasteiger partial charge in [0, 0.05) is 43.3 Å². The number of rotatable bonds is 6. The van der Waals surface area contributed by atoms with E-state index >= 15 is 0 Å². The number of carbonyl (C=O) groups is 2. The lowest BCUT2D eigenvalue weighted by atomic mass is 10.1. The van der Waals surface area contributed by atoms with E-state index in [-0.39, 0.29) is 24.1 Å². The van der Waals surface area contributed by atoms with Crippen molar-refractivity contribution in [3.05, 3.63) is 42.6 Å². The minimum absolute atomic E-state index is 0.0507. The fraction of sp³-hybridized carbons (Fsp3) is 0.333. The Hall–Kier alpha value is -3.53. The van der Waals surface area contributed by atoms with E-state index in [1.807, 2.05) is 0 Å². The van der Waals surface area contributed by atoms with Crippen LogP contribution in [0.5, 0.6) is 0 Å². The number of likely N-dealkylation sites (tertiary alicyclic amines) is 1. The molecule has 3 aromatic rings. The van der Waals surface area contributed by atoms with Gasteiger partial charge in [-0.05, 0) is 38.0 Å². The Morgan fingerprint density at radius 2 is 1.97 bits per heavy atom. The van der Waals surface area contributed by atoms with Gasteiger partial charge in [0.15, 0.2) is 0 Å². The third kappa shape index (κ3) is 4.80. The van der Waals surface area contributed by atoms with Crippen molar-refractivity contribution < 1.29 is 18.7 Å². The van der Waals surface area contributed by atoms with Gasteiger partial charge in [-0.2, -0.15) is 0 Å². The molecule has 0 aliphatic carbocycles. The molecule has 9 nitrogen and oxygen atoms in total. The summed E-state index contributed by atoms with van der Waals surface area (Å²) in [5, 5.41) is 5.50. The first-order valence-electron chi connectivity index (χ1n) is 10.1. The van der Waals surface area contributed by atoms with Crippen molar-refractivity contribution in [1.29, 1.82) is 0 Å². The summed E-state index contributed by atoms with van der Waals surface area (Å²) < 4.78 is 21.2. The summed E-state index contributed by atoms with van der Waals surface area (Å²) in [6.45, 7) is 3.65. The lowest BCUT2D eigenvalue weighted by Crippen LogP contribution is -2.32. The Kier molecular flexibility index (Phi) is 6.08. The van der Waals surface area contributed by atoms with Crippen molar-refractivity contribution in [2.24, 2.45) is 0 Å². The van der Waals surface area contributed by atoms with Gasteiger partial charge in [-0.1, -0.05) is 0 Å². The average molecular weight is 426 g/mol. The van der Waals surface area contributed by atoms with E-state index in [1.165, 1.54) is 18.3 Å². The first kappa shape index (κ1) is 20.7. The normalized spacial score (nSPS) is 13.5. The molecule has 0 saturated carbocycles. The van der Waals surface area contributed by atoms with Gasteiger partial charge in [0.2, 0.25) is 11.7 Å². The SMILES string of the molecule is CCOCC(=O)Nc1cnc2nc(-c3cc(NC(=O)N4CCCC4)ccc3F)cn2c1. The molecular formula is C21H23FN6O3. The predicted octanol–water partition coefficient (Wildman–Crippen LogP) is 3.14. The van der Waals surface area contributed by atoms with Crippen LogP contribution >= 0.6 is 0 Å². The highest BCUT2D eigenvalue weighted by molar-refractivity contribution is 5.91. The van der Waals surface area contributed by atoms with Crippen LogP contribution in [0.15, 0.2) is 36.8 Å². The van der Waals surface area contributed by atoms with Crippen LogP contribution in [0.25, 0.3) is 17.0 Å². The van der Waals surface area contributed by atoms with Gasteiger partial charge in [0.1, 0.15) is 12.4 Å². The van der Waals surface area contributed by atoms with Gasteiger partial charge >= 0.3 is 6.03 Å². The molecule has 2 N–H and O–H groups in total. The largest absolute Gasteiger partial charge is 0.372 e. The Labute approximate surface area is 178 Å². The number of ether oxygens (including phenoxy) is 1. The first-order chi connectivity index (χ1) is 15.0. The average Bonchev–Trinajstić information content (AvgIpc) is 3.43. The van der Waals surface area contributed by atoms with Crippen LogP contribution in [0.2, 0.25) is 0 Å². The van der Waals surface area contributed by atoms with Gasteiger partial charge in [0.05, 0.1) is 17.6 Å². The van der Waals surface area contributed by atoms with Crippen LogP contribution in [-0.4, -0.2) is 57.5 Å². The molecule has 4 rings (SSSR count). The monoisotopic (exact) mass is 426 g/mol. The number of fused-ring (bicyclic) bond motifs is 1. The summed E-state index contributed by atoms with van der Waals surface area (Å²) >= 11 is 0. The first-order valence-corrected chi connectivity index (χ1v) is 10.1. The van der Waals surface area contributed by atoms with Crippen LogP contribution in [-0.2, 0) is 9.53 Å². The van der Waals surface area contributed by atoms with Crippen LogP contribution in [0.3, 0.4) is 0 Å². The molecule has 1 aliphatic rings. The molecule has 1 saturated heterocycles. The van der Waals surface area contributed by atoms with E-state index in [2.05, 4.69) is 20.6 Å². The molecule has 2 aromatic heterocycles. The standard InChI is InChI=1S/C21H23FN6O3/c1-2-31-13-19(29)24-15-10-23-20-26-18(12-28(20)11-15)16-9-14(5-6-17(16)22)25-21(30)27-7-3-4-8-27/h5-6,9-12H,2-4,7-8,13H2,1H3,(H,24,29)(H,25,30). The number of aromatic nitrogens is 3. The lowest BCUT2D eigenvalue weighted by molar-refractivity contribution is -0.120. The Morgan fingerprint density at radius 1 is 1.16 bits per heavy atom. The number of urea groups is 1. The van der Waals surface area contributed by atoms with Gasteiger partial charge in [0.25, 0.3) is 0 Å². The van der Waals surface area contributed by atoms with Gasteiger partial charge < -0.3 is 20.3 Å². The number of nitrogens with zero attached hydrogens (tertiary/aromatic N) is 4. The van der Waals surface area contributed by atoms with E-state index < -0.39 is 5.82 Å². The zero-order valence-electron chi connectivity index (χ0n) is 17.1. The second-order valence-corrected chi connectivity index (χ2v) is 7.18. The molecule has 0 atom stereocenters. The molecular weight excluding hydrogens is 403 g/mol. The van der Waals surface area contributed by atoms with Crippen LogP contribution in [0, 0.1) is 5.82 Å². The van der Waals surface area contributed by atoms with Crippen LogP contribution in [0.1, 0.15) is 19.8 Å². The quantitative estimate of drug-likeness (QED) is 0.631. The highest BCUT2D eigenvalue weighted by Crippen LogP contribution is 2.26. The van der Waals surface area contributed by atoms with Gasteiger partial charge in [-0.3, -0.25) is 9.20 Å². The molecule has 3 heterocycles. The second kappa shape index (κ2) is 9.09. The molecule has 0 radical (unpaired) electrons.